The van der Waals surface area contributed by atoms with Crippen molar-refractivity contribution in [2.75, 3.05) is 24.6 Å². The summed E-state index contributed by atoms with van der Waals surface area (Å²) in [7, 11) is -6.46. The molecule has 0 aromatic heterocycles. The van der Waals surface area contributed by atoms with Crippen molar-refractivity contribution in [2.45, 2.75) is 49.8 Å². The number of sulfone groups is 1. The summed E-state index contributed by atoms with van der Waals surface area (Å²) < 4.78 is 49.6. The van der Waals surface area contributed by atoms with Crippen LogP contribution in [0, 0.1) is 0 Å². The Hall–Kier alpha value is -0.180. The molecule has 0 amide bonds. The molecule has 8 heteroatoms. The van der Waals surface area contributed by atoms with E-state index >= 15 is 0 Å². The van der Waals surface area contributed by atoms with Gasteiger partial charge in [-0.25, -0.2) is 21.6 Å². The number of rotatable bonds is 6. The predicted octanol–water partition coefficient (Wildman–Crippen LogP) is 0.0152. The van der Waals surface area contributed by atoms with Crippen LogP contribution in [-0.4, -0.2) is 52.7 Å². The van der Waals surface area contributed by atoms with Crippen LogP contribution in [0.4, 0.5) is 0 Å². The van der Waals surface area contributed by atoms with Crippen molar-refractivity contribution < 1.29 is 16.8 Å². The number of hydrogen-bond donors (Lipinski definition) is 2. The highest BCUT2D eigenvalue weighted by Gasteiger charge is 2.32. The third-order valence-corrected chi connectivity index (χ3v) is 7.80. The van der Waals surface area contributed by atoms with Gasteiger partial charge in [0.2, 0.25) is 10.0 Å². The summed E-state index contributed by atoms with van der Waals surface area (Å²) in [5, 5.41) is 2.78. The van der Waals surface area contributed by atoms with Crippen LogP contribution in [0.15, 0.2) is 0 Å². The van der Waals surface area contributed by atoms with E-state index in [-0.39, 0.29) is 24.1 Å². The lowest BCUT2D eigenvalue weighted by atomic mass is 10.0. The van der Waals surface area contributed by atoms with Crippen molar-refractivity contribution in [2.24, 2.45) is 0 Å². The van der Waals surface area contributed by atoms with Crippen molar-refractivity contribution >= 4 is 19.9 Å². The molecule has 2 rings (SSSR count). The molecule has 0 spiro atoms. The van der Waals surface area contributed by atoms with Gasteiger partial charge in [0.1, 0.15) is 0 Å². The molecule has 2 atom stereocenters. The highest BCUT2D eigenvalue weighted by Crippen LogP contribution is 2.19. The van der Waals surface area contributed by atoms with Gasteiger partial charge in [0.15, 0.2) is 9.84 Å². The summed E-state index contributed by atoms with van der Waals surface area (Å²) in [5.74, 6) is 0.253. The molecule has 2 aliphatic heterocycles. The summed E-state index contributed by atoms with van der Waals surface area (Å²) in [6.45, 7) is 0.987. The lowest BCUT2D eigenvalue weighted by Crippen LogP contribution is -2.39. The molecule has 2 fully saturated rings. The molecule has 2 heterocycles. The first-order valence-corrected chi connectivity index (χ1v) is 10.7. The fourth-order valence-electron chi connectivity index (χ4n) is 2.85. The summed E-state index contributed by atoms with van der Waals surface area (Å²) >= 11 is 0. The minimum Gasteiger partial charge on any atom is -0.314 e. The van der Waals surface area contributed by atoms with E-state index in [0.717, 1.165) is 25.8 Å². The zero-order valence-corrected chi connectivity index (χ0v) is 13.3. The molecule has 6 nitrogen and oxygen atoms in total. The SMILES string of the molecule is O=S(=O)(CCC1CCCCN1)NCC1CCCS1(=O)=O. The zero-order chi connectivity index (χ0) is 14.6. The average molecular weight is 324 g/mol. The Kier molecular flexibility index (Phi) is 5.44. The van der Waals surface area contributed by atoms with E-state index in [4.69, 9.17) is 0 Å². The fourth-order valence-corrected chi connectivity index (χ4v) is 5.91. The smallest absolute Gasteiger partial charge is 0.211 e. The van der Waals surface area contributed by atoms with Gasteiger partial charge in [-0.2, -0.15) is 0 Å². The molecule has 0 bridgehead atoms. The Balaban J connectivity index is 1.76. The number of piperidine rings is 1. The molecule has 0 aromatic carbocycles. The maximum atomic E-state index is 11.9. The summed E-state index contributed by atoms with van der Waals surface area (Å²) in [6, 6.07) is 0.274. The molecule has 2 unspecified atom stereocenters. The largest absolute Gasteiger partial charge is 0.314 e. The first-order valence-electron chi connectivity index (χ1n) is 7.31. The number of hydrogen-bond acceptors (Lipinski definition) is 5. The normalized spacial score (nSPS) is 30.4. The van der Waals surface area contributed by atoms with Crippen LogP contribution in [0.25, 0.3) is 0 Å². The lowest BCUT2D eigenvalue weighted by Gasteiger charge is -2.23. The van der Waals surface area contributed by atoms with Gasteiger partial charge in [0, 0.05) is 12.6 Å². The molecule has 20 heavy (non-hydrogen) atoms. The Labute approximate surface area is 121 Å². The molecule has 0 aliphatic carbocycles. The first-order chi connectivity index (χ1) is 9.39. The predicted molar refractivity (Wildman–Crippen MR) is 78.9 cm³/mol. The molecule has 118 valence electrons. The van der Waals surface area contributed by atoms with Crippen molar-refractivity contribution in [1.82, 2.24) is 10.0 Å². The second kappa shape index (κ2) is 6.72. The molecular formula is C12H24N2O4S2. The molecule has 2 saturated heterocycles. The minimum absolute atomic E-state index is 0.0305. The fraction of sp³-hybridized carbons (Fsp3) is 1.00. The first kappa shape index (κ1) is 16.2. The Morgan fingerprint density at radius 3 is 2.55 bits per heavy atom. The molecule has 2 aliphatic rings. The van der Waals surface area contributed by atoms with E-state index < -0.39 is 25.1 Å². The van der Waals surface area contributed by atoms with Gasteiger partial charge in [0.05, 0.1) is 16.8 Å². The van der Waals surface area contributed by atoms with Gasteiger partial charge in [-0.15, -0.1) is 0 Å². The molecule has 0 aromatic rings. The Morgan fingerprint density at radius 1 is 1.15 bits per heavy atom. The molecule has 0 saturated carbocycles. The van der Waals surface area contributed by atoms with Crippen LogP contribution in [0.1, 0.15) is 38.5 Å². The Bertz CT molecular complexity index is 510. The monoisotopic (exact) mass is 324 g/mol. The topological polar surface area (TPSA) is 92.3 Å². The quantitative estimate of drug-likeness (QED) is 0.718. The van der Waals surface area contributed by atoms with Gasteiger partial charge < -0.3 is 5.32 Å². The standard InChI is InChI=1S/C12H24N2O4S2/c15-19(16)8-3-5-12(19)10-14-20(17,18)9-6-11-4-1-2-7-13-11/h11-14H,1-10H2. The van der Waals surface area contributed by atoms with Crippen molar-refractivity contribution in [1.29, 1.82) is 0 Å². The molecular weight excluding hydrogens is 300 g/mol. The highest BCUT2D eigenvalue weighted by molar-refractivity contribution is 7.92. The van der Waals surface area contributed by atoms with E-state index in [1.54, 1.807) is 0 Å². The van der Waals surface area contributed by atoms with Crippen LogP contribution in [0.3, 0.4) is 0 Å². The lowest BCUT2D eigenvalue weighted by molar-refractivity contribution is 0.392. The second-order valence-corrected chi connectivity index (χ2v) is 10.1. The third kappa shape index (κ3) is 4.68. The zero-order valence-electron chi connectivity index (χ0n) is 11.7. The van der Waals surface area contributed by atoms with Crippen LogP contribution >= 0.6 is 0 Å². The number of nitrogens with one attached hydrogen (secondary N) is 2. The van der Waals surface area contributed by atoms with E-state index in [0.29, 0.717) is 19.3 Å². The van der Waals surface area contributed by atoms with E-state index in [9.17, 15) is 16.8 Å². The van der Waals surface area contributed by atoms with E-state index in [1.165, 1.54) is 0 Å². The van der Waals surface area contributed by atoms with E-state index in [1.807, 2.05) is 0 Å². The maximum Gasteiger partial charge on any atom is 0.211 e. The molecule has 0 radical (unpaired) electrons. The molecule has 2 N–H and O–H groups in total. The van der Waals surface area contributed by atoms with Crippen LogP contribution in [0.2, 0.25) is 0 Å². The summed E-state index contributed by atoms with van der Waals surface area (Å²) in [4.78, 5) is 0. The second-order valence-electron chi connectivity index (χ2n) is 5.73. The maximum absolute atomic E-state index is 11.9. The minimum atomic E-state index is -3.37. The summed E-state index contributed by atoms with van der Waals surface area (Å²) in [5.41, 5.74) is 0. The van der Waals surface area contributed by atoms with Gasteiger partial charge in [0.25, 0.3) is 0 Å². The van der Waals surface area contributed by atoms with Gasteiger partial charge in [-0.05, 0) is 38.6 Å². The van der Waals surface area contributed by atoms with Gasteiger partial charge >= 0.3 is 0 Å². The highest BCUT2D eigenvalue weighted by atomic mass is 32.2. The van der Waals surface area contributed by atoms with Crippen LogP contribution < -0.4 is 10.0 Å². The van der Waals surface area contributed by atoms with Gasteiger partial charge in [-0.1, -0.05) is 6.42 Å². The van der Waals surface area contributed by atoms with Crippen molar-refractivity contribution in [3.63, 3.8) is 0 Å². The van der Waals surface area contributed by atoms with Crippen molar-refractivity contribution in [3.05, 3.63) is 0 Å². The Morgan fingerprint density at radius 2 is 1.95 bits per heavy atom. The summed E-state index contributed by atoms with van der Waals surface area (Å²) in [6.07, 6.45) is 5.11. The van der Waals surface area contributed by atoms with Crippen LogP contribution in [0.5, 0.6) is 0 Å². The van der Waals surface area contributed by atoms with Crippen LogP contribution in [-0.2, 0) is 19.9 Å². The van der Waals surface area contributed by atoms with Crippen molar-refractivity contribution in [3.8, 4) is 0 Å². The van der Waals surface area contributed by atoms with E-state index in [2.05, 4.69) is 10.0 Å². The van der Waals surface area contributed by atoms with Gasteiger partial charge in [-0.3, -0.25) is 0 Å². The third-order valence-electron chi connectivity index (χ3n) is 4.14. The average Bonchev–Trinajstić information content (AvgIpc) is 2.75. The number of sulfonamides is 1.